The zero-order chi connectivity index (χ0) is 15.5. The molecule has 0 amide bonds. The molecule has 1 aromatic rings. The number of methoxy groups -OCH3 is 1. The Labute approximate surface area is 125 Å². The van der Waals surface area contributed by atoms with Gasteiger partial charge in [0, 0.05) is 33.3 Å². The van der Waals surface area contributed by atoms with E-state index in [1.165, 1.54) is 24.4 Å². The topological polar surface area (TPSA) is 58.6 Å². The minimum Gasteiger partial charge on any atom is -0.380 e. The van der Waals surface area contributed by atoms with Gasteiger partial charge in [0.2, 0.25) is 10.0 Å². The van der Waals surface area contributed by atoms with E-state index in [9.17, 15) is 12.8 Å². The summed E-state index contributed by atoms with van der Waals surface area (Å²) in [5.74, 6) is 0. The molecule has 1 saturated heterocycles. The molecule has 1 fully saturated rings. The predicted molar refractivity (Wildman–Crippen MR) is 78.3 cm³/mol. The SMILES string of the molecule is COCc1ccccc1S(=O)(=O)N1CCNCC(C)(F)C1. The summed E-state index contributed by atoms with van der Waals surface area (Å²) in [7, 11) is -2.22. The van der Waals surface area contributed by atoms with Crippen molar-refractivity contribution < 1.29 is 17.5 Å². The Bertz CT molecular complexity index is 590. The van der Waals surface area contributed by atoms with Crippen LogP contribution in [-0.4, -0.2) is 51.7 Å². The zero-order valence-corrected chi connectivity index (χ0v) is 13.1. The summed E-state index contributed by atoms with van der Waals surface area (Å²) in [4.78, 5) is 0.185. The first kappa shape index (κ1) is 16.4. The lowest BCUT2D eigenvalue weighted by Gasteiger charge is -2.26. The number of rotatable bonds is 4. The van der Waals surface area contributed by atoms with Crippen LogP contribution < -0.4 is 5.32 Å². The second-order valence-electron chi connectivity index (χ2n) is 5.47. The number of benzene rings is 1. The van der Waals surface area contributed by atoms with Gasteiger partial charge >= 0.3 is 0 Å². The van der Waals surface area contributed by atoms with Crippen molar-refractivity contribution in [3.63, 3.8) is 0 Å². The summed E-state index contributed by atoms with van der Waals surface area (Å²) in [6.45, 7) is 2.31. The Hall–Kier alpha value is -1.02. The van der Waals surface area contributed by atoms with Gasteiger partial charge < -0.3 is 10.1 Å². The number of nitrogens with zero attached hydrogens (tertiary/aromatic N) is 1. The van der Waals surface area contributed by atoms with Gasteiger partial charge in [-0.2, -0.15) is 4.31 Å². The van der Waals surface area contributed by atoms with E-state index < -0.39 is 15.7 Å². The van der Waals surface area contributed by atoms with Crippen LogP contribution in [0, 0.1) is 0 Å². The van der Waals surface area contributed by atoms with Crippen molar-refractivity contribution in [1.82, 2.24) is 9.62 Å². The van der Waals surface area contributed by atoms with Crippen molar-refractivity contribution >= 4 is 10.0 Å². The van der Waals surface area contributed by atoms with Crippen molar-refractivity contribution in [2.24, 2.45) is 0 Å². The quantitative estimate of drug-likeness (QED) is 0.905. The summed E-state index contributed by atoms with van der Waals surface area (Å²) < 4.78 is 46.1. The fraction of sp³-hybridized carbons (Fsp3) is 0.571. The van der Waals surface area contributed by atoms with E-state index in [1.54, 1.807) is 18.2 Å². The van der Waals surface area contributed by atoms with E-state index in [1.807, 2.05) is 0 Å². The third-order valence-corrected chi connectivity index (χ3v) is 5.37. The van der Waals surface area contributed by atoms with Gasteiger partial charge in [-0.1, -0.05) is 18.2 Å². The van der Waals surface area contributed by atoms with E-state index in [0.717, 1.165) is 0 Å². The summed E-state index contributed by atoms with van der Waals surface area (Å²) in [6.07, 6.45) is 0. The third kappa shape index (κ3) is 3.79. The van der Waals surface area contributed by atoms with E-state index >= 15 is 0 Å². The normalized spacial score (nSPS) is 24.7. The summed E-state index contributed by atoms with van der Waals surface area (Å²) in [5.41, 5.74) is -1.00. The van der Waals surface area contributed by atoms with Gasteiger partial charge in [-0.3, -0.25) is 0 Å². The average Bonchev–Trinajstić information content (AvgIpc) is 2.61. The number of hydrogen-bond donors (Lipinski definition) is 1. The first-order valence-corrected chi connectivity index (χ1v) is 8.27. The van der Waals surface area contributed by atoms with Crippen LogP contribution in [0.5, 0.6) is 0 Å². The molecule has 21 heavy (non-hydrogen) atoms. The number of alkyl halides is 1. The zero-order valence-electron chi connectivity index (χ0n) is 12.3. The van der Waals surface area contributed by atoms with Gasteiger partial charge in [-0.15, -0.1) is 0 Å². The molecule has 0 saturated carbocycles. The minimum absolute atomic E-state index is 0.149. The van der Waals surface area contributed by atoms with E-state index in [-0.39, 0.29) is 31.1 Å². The number of ether oxygens (including phenoxy) is 1. The van der Waals surface area contributed by atoms with Crippen molar-refractivity contribution in [3.05, 3.63) is 29.8 Å². The van der Waals surface area contributed by atoms with E-state index in [4.69, 9.17) is 4.74 Å². The molecule has 1 aromatic carbocycles. The third-order valence-electron chi connectivity index (χ3n) is 3.43. The van der Waals surface area contributed by atoms with Crippen LogP contribution in [0.1, 0.15) is 12.5 Å². The van der Waals surface area contributed by atoms with Gasteiger partial charge in [0.15, 0.2) is 0 Å². The van der Waals surface area contributed by atoms with Crippen LogP contribution >= 0.6 is 0 Å². The Balaban J connectivity index is 2.37. The molecular formula is C14H21FN2O3S. The van der Waals surface area contributed by atoms with Crippen LogP contribution in [0.4, 0.5) is 4.39 Å². The van der Waals surface area contributed by atoms with Crippen molar-refractivity contribution in [3.8, 4) is 0 Å². The molecular weight excluding hydrogens is 295 g/mol. The van der Waals surface area contributed by atoms with Gasteiger partial charge in [0.25, 0.3) is 0 Å². The molecule has 2 rings (SSSR count). The highest BCUT2D eigenvalue weighted by molar-refractivity contribution is 7.89. The predicted octanol–water partition coefficient (Wildman–Crippen LogP) is 1.16. The van der Waals surface area contributed by atoms with Crippen LogP contribution in [0.2, 0.25) is 0 Å². The van der Waals surface area contributed by atoms with E-state index in [2.05, 4.69) is 5.32 Å². The highest BCUT2D eigenvalue weighted by Gasteiger charge is 2.36. The fourth-order valence-corrected chi connectivity index (χ4v) is 4.19. The molecule has 1 atom stereocenters. The summed E-state index contributed by atoms with van der Waals surface area (Å²) in [5, 5.41) is 2.93. The number of hydrogen-bond acceptors (Lipinski definition) is 4. The Kier molecular flexibility index (Phi) is 4.98. The maximum absolute atomic E-state index is 14.3. The van der Waals surface area contributed by atoms with Gasteiger partial charge in [-0.05, 0) is 18.6 Å². The van der Waals surface area contributed by atoms with Crippen LogP contribution in [0.3, 0.4) is 0 Å². The van der Waals surface area contributed by atoms with Gasteiger partial charge in [0.05, 0.1) is 11.5 Å². The maximum Gasteiger partial charge on any atom is 0.243 e. The second-order valence-corrected chi connectivity index (χ2v) is 7.38. The number of sulfonamides is 1. The molecule has 7 heteroatoms. The standard InChI is InChI=1S/C14H21FN2O3S/c1-14(15)10-16-7-8-17(11-14)21(18,19)13-6-4-3-5-12(13)9-20-2/h3-6,16H,7-11H2,1-2H3. The average molecular weight is 316 g/mol. The lowest BCUT2D eigenvalue weighted by molar-refractivity contribution is 0.166. The second kappa shape index (κ2) is 6.39. The molecule has 0 radical (unpaired) electrons. The summed E-state index contributed by atoms with van der Waals surface area (Å²) in [6, 6.07) is 6.67. The first-order chi connectivity index (χ1) is 9.87. The van der Waals surface area contributed by atoms with Crippen molar-refractivity contribution in [1.29, 1.82) is 0 Å². The molecule has 0 bridgehead atoms. The monoisotopic (exact) mass is 316 g/mol. The molecule has 1 aliphatic rings. The largest absolute Gasteiger partial charge is 0.380 e. The maximum atomic E-state index is 14.3. The smallest absolute Gasteiger partial charge is 0.243 e. The lowest BCUT2D eigenvalue weighted by atomic mass is 10.1. The molecule has 1 N–H and O–H groups in total. The molecule has 5 nitrogen and oxygen atoms in total. The Morgan fingerprint density at radius 3 is 2.86 bits per heavy atom. The Morgan fingerprint density at radius 1 is 1.43 bits per heavy atom. The highest BCUT2D eigenvalue weighted by atomic mass is 32.2. The van der Waals surface area contributed by atoms with Crippen LogP contribution in [0.25, 0.3) is 0 Å². The number of nitrogens with one attached hydrogen (secondary N) is 1. The molecule has 0 aromatic heterocycles. The fourth-order valence-electron chi connectivity index (χ4n) is 2.43. The molecule has 1 heterocycles. The van der Waals surface area contributed by atoms with Gasteiger partial charge in [-0.25, -0.2) is 12.8 Å². The number of halogens is 1. The minimum atomic E-state index is -3.74. The van der Waals surface area contributed by atoms with Crippen molar-refractivity contribution in [2.45, 2.75) is 24.1 Å². The molecule has 0 aliphatic carbocycles. The molecule has 1 aliphatic heterocycles. The molecule has 118 valence electrons. The van der Waals surface area contributed by atoms with E-state index in [0.29, 0.717) is 12.1 Å². The first-order valence-electron chi connectivity index (χ1n) is 6.83. The molecule has 0 spiro atoms. The Morgan fingerprint density at radius 2 is 2.14 bits per heavy atom. The lowest BCUT2D eigenvalue weighted by Crippen LogP contribution is -2.42. The highest BCUT2D eigenvalue weighted by Crippen LogP contribution is 2.24. The van der Waals surface area contributed by atoms with Crippen LogP contribution in [0.15, 0.2) is 29.2 Å². The van der Waals surface area contributed by atoms with Crippen molar-refractivity contribution in [2.75, 3.05) is 33.3 Å². The van der Waals surface area contributed by atoms with Crippen LogP contribution in [-0.2, 0) is 21.4 Å². The van der Waals surface area contributed by atoms with Gasteiger partial charge in [0.1, 0.15) is 5.67 Å². The summed E-state index contributed by atoms with van der Waals surface area (Å²) >= 11 is 0. The molecule has 1 unspecified atom stereocenters.